The van der Waals surface area contributed by atoms with Gasteiger partial charge >= 0.3 is 5.69 Å². The fourth-order valence-corrected chi connectivity index (χ4v) is 4.88. The number of carbonyl (C=O) groups excluding carboxylic acids is 1. The molecule has 0 unspecified atom stereocenters. The molecule has 0 bridgehead atoms. The van der Waals surface area contributed by atoms with Gasteiger partial charge in [-0.3, -0.25) is 9.79 Å². The molecule has 0 spiro atoms. The van der Waals surface area contributed by atoms with Crippen molar-refractivity contribution in [2.45, 2.75) is 25.7 Å². The summed E-state index contributed by atoms with van der Waals surface area (Å²) in [4.78, 5) is 33.6. The maximum Gasteiger partial charge on any atom is 0.347 e. The zero-order valence-corrected chi connectivity index (χ0v) is 17.9. The van der Waals surface area contributed by atoms with Crippen LogP contribution in [0.3, 0.4) is 0 Å². The van der Waals surface area contributed by atoms with Crippen LogP contribution in [0.2, 0.25) is 0 Å². The summed E-state index contributed by atoms with van der Waals surface area (Å²) in [5, 5.41) is 6.91. The molecular weight excluding hydrogens is 404 g/mol. The molecule has 4 aliphatic rings. The van der Waals surface area contributed by atoms with Crippen LogP contribution in [0, 0.1) is 11.8 Å². The molecule has 1 saturated heterocycles. The summed E-state index contributed by atoms with van der Waals surface area (Å²) in [5.41, 5.74) is 2.76. The van der Waals surface area contributed by atoms with Crippen molar-refractivity contribution in [1.82, 2.24) is 24.6 Å². The summed E-state index contributed by atoms with van der Waals surface area (Å²) in [6.45, 7) is 3.35. The van der Waals surface area contributed by atoms with Crippen LogP contribution in [-0.4, -0.2) is 62.5 Å². The number of benzene rings is 1. The number of hydrogen-bond acceptors (Lipinski definition) is 5. The molecule has 164 valence electrons. The van der Waals surface area contributed by atoms with Crippen molar-refractivity contribution in [2.75, 3.05) is 26.2 Å². The second-order valence-electron chi connectivity index (χ2n) is 9.09. The van der Waals surface area contributed by atoms with Gasteiger partial charge in [-0.15, -0.1) is 0 Å². The van der Waals surface area contributed by atoms with Crippen molar-refractivity contribution in [1.29, 1.82) is 0 Å². The van der Waals surface area contributed by atoms with Gasteiger partial charge in [0.15, 0.2) is 0 Å². The average Bonchev–Trinajstić information content (AvgIpc) is 3.20. The topological polar surface area (TPSA) is 86.6 Å². The van der Waals surface area contributed by atoms with Crippen molar-refractivity contribution < 1.29 is 4.79 Å². The number of hydrogen-bond donors (Lipinski definition) is 1. The molecule has 8 heteroatoms. The number of H-pyrrole nitrogens is 1. The molecule has 1 amide bonds. The zero-order chi connectivity index (χ0) is 21.7. The van der Waals surface area contributed by atoms with Crippen molar-refractivity contribution in [2.24, 2.45) is 16.8 Å². The Morgan fingerprint density at radius 2 is 1.97 bits per heavy atom. The van der Waals surface area contributed by atoms with E-state index in [0.29, 0.717) is 18.2 Å². The van der Waals surface area contributed by atoms with Crippen molar-refractivity contribution in [3.05, 3.63) is 64.5 Å². The molecule has 1 aliphatic carbocycles. The van der Waals surface area contributed by atoms with E-state index in [1.54, 1.807) is 4.57 Å². The number of nitrogens with zero attached hydrogens (tertiary/aromatic N) is 5. The van der Waals surface area contributed by atoms with Crippen molar-refractivity contribution in [3.8, 4) is 5.69 Å². The van der Waals surface area contributed by atoms with E-state index in [1.807, 2.05) is 29.2 Å². The molecular formula is C24H26N6O2. The van der Waals surface area contributed by atoms with Gasteiger partial charge in [0, 0.05) is 38.2 Å². The SMILES string of the molecule is O=C(C1CC1)N1CC[C@@H](Cc2n[nH]c(=O)n2-c2ccc(C3=CC4=NCCN4C=C3)cc2)C1. The first-order valence-electron chi connectivity index (χ1n) is 11.4. The van der Waals surface area contributed by atoms with Crippen molar-refractivity contribution >= 4 is 17.3 Å². The molecule has 1 aromatic heterocycles. The Morgan fingerprint density at radius 1 is 1.12 bits per heavy atom. The lowest BCUT2D eigenvalue weighted by Gasteiger charge is -2.18. The average molecular weight is 431 g/mol. The fraction of sp³-hybridized carbons (Fsp3) is 0.417. The third-order valence-electron chi connectivity index (χ3n) is 6.82. The van der Waals surface area contributed by atoms with Gasteiger partial charge in [0.05, 0.1) is 12.2 Å². The van der Waals surface area contributed by atoms with Gasteiger partial charge in [-0.25, -0.2) is 14.5 Å². The highest BCUT2D eigenvalue weighted by Crippen LogP contribution is 2.33. The monoisotopic (exact) mass is 430 g/mol. The van der Waals surface area contributed by atoms with Crippen molar-refractivity contribution in [3.63, 3.8) is 0 Å². The van der Waals surface area contributed by atoms with E-state index in [4.69, 9.17) is 0 Å². The van der Waals surface area contributed by atoms with Crippen LogP contribution in [0.4, 0.5) is 0 Å². The third-order valence-corrected chi connectivity index (χ3v) is 6.82. The molecule has 1 N–H and O–H groups in total. The number of fused-ring (bicyclic) bond motifs is 1. The molecule has 8 nitrogen and oxygen atoms in total. The van der Waals surface area contributed by atoms with E-state index < -0.39 is 0 Å². The summed E-state index contributed by atoms with van der Waals surface area (Å²) >= 11 is 0. The highest BCUT2D eigenvalue weighted by Gasteiger charge is 2.37. The number of carbonyl (C=O) groups is 1. The number of amides is 1. The van der Waals surface area contributed by atoms with Crippen LogP contribution < -0.4 is 5.69 Å². The van der Waals surface area contributed by atoms with E-state index in [1.165, 1.54) is 0 Å². The number of likely N-dealkylation sites (tertiary alicyclic amines) is 1. The number of aromatic nitrogens is 3. The molecule has 2 aromatic rings. The number of amidine groups is 1. The summed E-state index contributed by atoms with van der Waals surface area (Å²) in [6.07, 6.45) is 9.99. The molecule has 1 aromatic carbocycles. The van der Waals surface area contributed by atoms with Gasteiger partial charge in [-0.2, -0.15) is 5.10 Å². The minimum absolute atomic E-state index is 0.232. The summed E-state index contributed by atoms with van der Waals surface area (Å²) < 4.78 is 1.66. The molecule has 1 atom stereocenters. The lowest BCUT2D eigenvalue weighted by Crippen LogP contribution is -2.30. The van der Waals surface area contributed by atoms with Crippen LogP contribution in [0.15, 0.2) is 52.4 Å². The largest absolute Gasteiger partial charge is 0.347 e. The van der Waals surface area contributed by atoms with Gasteiger partial charge in [-0.05, 0) is 60.6 Å². The molecule has 1 saturated carbocycles. The highest BCUT2D eigenvalue weighted by molar-refractivity contribution is 6.04. The standard InChI is InChI=1S/C24H26N6O2/c31-23(18-1-2-18)29-10-7-16(15-29)13-22-26-27-24(32)30(22)20-5-3-17(4-6-20)19-8-11-28-12-9-25-21(28)14-19/h3-6,8,11,14,16,18H,1-2,7,9-10,12-13,15H2,(H,27,32)/t16-/m0/s1. The molecule has 4 heterocycles. The van der Waals surface area contributed by atoms with E-state index in [-0.39, 0.29) is 11.6 Å². The number of aliphatic imine (C=N–C) groups is 1. The second-order valence-corrected chi connectivity index (χ2v) is 9.09. The Balaban J connectivity index is 1.19. The maximum atomic E-state index is 12.5. The minimum atomic E-state index is -0.232. The number of rotatable bonds is 5. The molecule has 3 aliphatic heterocycles. The first-order valence-corrected chi connectivity index (χ1v) is 11.4. The Hall–Kier alpha value is -3.42. The van der Waals surface area contributed by atoms with Crippen LogP contribution in [-0.2, 0) is 11.2 Å². The summed E-state index contributed by atoms with van der Waals surface area (Å²) in [6, 6.07) is 7.99. The third kappa shape index (κ3) is 3.49. The molecule has 32 heavy (non-hydrogen) atoms. The first-order chi connectivity index (χ1) is 15.7. The normalized spacial score (nSPS) is 22.2. The zero-order valence-electron chi connectivity index (χ0n) is 17.9. The summed E-state index contributed by atoms with van der Waals surface area (Å²) in [5.74, 6) is 2.62. The quantitative estimate of drug-likeness (QED) is 0.786. The fourth-order valence-electron chi connectivity index (χ4n) is 4.88. The van der Waals surface area contributed by atoms with Gasteiger partial charge in [0.1, 0.15) is 11.7 Å². The van der Waals surface area contributed by atoms with Gasteiger partial charge < -0.3 is 9.80 Å². The first kappa shape index (κ1) is 19.3. The van der Waals surface area contributed by atoms with Crippen LogP contribution >= 0.6 is 0 Å². The highest BCUT2D eigenvalue weighted by atomic mass is 16.2. The van der Waals surface area contributed by atoms with Gasteiger partial charge in [0.2, 0.25) is 5.91 Å². The molecule has 0 radical (unpaired) electrons. The number of allylic oxidation sites excluding steroid dienone is 2. The van der Waals surface area contributed by atoms with Crippen LogP contribution in [0.1, 0.15) is 30.7 Å². The number of aromatic amines is 1. The minimum Gasteiger partial charge on any atom is -0.342 e. The van der Waals surface area contributed by atoms with Gasteiger partial charge in [0.25, 0.3) is 0 Å². The Morgan fingerprint density at radius 3 is 2.78 bits per heavy atom. The lowest BCUT2D eigenvalue weighted by atomic mass is 10.0. The molecule has 6 rings (SSSR count). The van der Waals surface area contributed by atoms with E-state index in [2.05, 4.69) is 38.4 Å². The van der Waals surface area contributed by atoms with E-state index >= 15 is 0 Å². The maximum absolute atomic E-state index is 12.5. The van der Waals surface area contributed by atoms with Gasteiger partial charge in [-0.1, -0.05) is 12.1 Å². The Kier molecular flexibility index (Phi) is 4.59. The second kappa shape index (κ2) is 7.62. The lowest BCUT2D eigenvalue weighted by molar-refractivity contribution is -0.131. The number of nitrogens with one attached hydrogen (secondary N) is 1. The summed E-state index contributed by atoms with van der Waals surface area (Å²) in [7, 11) is 0. The Labute approximate surface area is 185 Å². The van der Waals surface area contributed by atoms with Crippen LogP contribution in [0.5, 0.6) is 0 Å². The predicted octanol–water partition coefficient (Wildman–Crippen LogP) is 1.99. The van der Waals surface area contributed by atoms with Crippen LogP contribution in [0.25, 0.3) is 11.3 Å². The van der Waals surface area contributed by atoms with E-state index in [0.717, 1.165) is 73.9 Å². The Bertz CT molecular complexity index is 1200. The van der Waals surface area contributed by atoms with E-state index in [9.17, 15) is 9.59 Å². The smallest absolute Gasteiger partial charge is 0.342 e. The molecule has 2 fully saturated rings. The predicted molar refractivity (Wildman–Crippen MR) is 121 cm³/mol.